The summed E-state index contributed by atoms with van der Waals surface area (Å²) in [6.45, 7) is 0.130. The molecule has 0 unspecified atom stereocenters. The van der Waals surface area contributed by atoms with Crippen molar-refractivity contribution in [3.05, 3.63) is 86.3 Å². The average molecular weight is 591 g/mol. The number of nitrogens with one attached hydrogen (secondary N) is 1. The Morgan fingerprint density at radius 1 is 1.00 bits per heavy atom. The van der Waals surface area contributed by atoms with Gasteiger partial charge in [0.1, 0.15) is 12.4 Å². The van der Waals surface area contributed by atoms with E-state index >= 15 is 0 Å². The van der Waals surface area contributed by atoms with Gasteiger partial charge in [0.05, 0.1) is 22.3 Å². The van der Waals surface area contributed by atoms with Crippen molar-refractivity contribution in [1.29, 1.82) is 0 Å². The maximum Gasteiger partial charge on any atom is 0.271 e. The second kappa shape index (κ2) is 12.2. The molecule has 0 saturated heterocycles. The third-order valence-electron chi connectivity index (χ3n) is 4.42. The lowest BCUT2D eigenvalue weighted by atomic mass is 10.2. The summed E-state index contributed by atoms with van der Waals surface area (Å²) in [7, 11) is 1.51. The Morgan fingerprint density at radius 3 is 2.35 bits per heavy atom. The summed E-state index contributed by atoms with van der Waals surface area (Å²) >= 11 is 6.75. The van der Waals surface area contributed by atoms with Gasteiger partial charge in [-0.05, 0) is 73.3 Å². The van der Waals surface area contributed by atoms with Crippen LogP contribution in [0.25, 0.3) is 0 Å². The second-order valence-electron chi connectivity index (χ2n) is 6.91. The van der Waals surface area contributed by atoms with E-state index in [1.807, 2.05) is 30.3 Å². The number of carbonyl (C=O) groups excluding carboxylic acids is 2. The first kappa shape index (κ1) is 25.3. The summed E-state index contributed by atoms with van der Waals surface area (Å²) in [6.07, 6.45) is 1.47. The first-order valence-electron chi connectivity index (χ1n) is 9.95. The Kier molecular flexibility index (Phi) is 9.06. The quantitative estimate of drug-likeness (QED) is 0.268. The van der Waals surface area contributed by atoms with Crippen molar-refractivity contribution in [2.45, 2.75) is 6.61 Å². The highest BCUT2D eigenvalue weighted by Crippen LogP contribution is 2.34. The summed E-state index contributed by atoms with van der Waals surface area (Å²) in [4.78, 5) is 23.5. The van der Waals surface area contributed by atoms with Crippen LogP contribution in [0.5, 0.6) is 17.2 Å². The zero-order chi connectivity index (χ0) is 24.5. The van der Waals surface area contributed by atoms with Crippen LogP contribution in [0.1, 0.15) is 21.5 Å². The molecule has 0 spiro atoms. The molecule has 10 heteroatoms. The Morgan fingerprint density at radius 2 is 1.71 bits per heavy atom. The summed E-state index contributed by atoms with van der Waals surface area (Å²) < 4.78 is 17.7. The SMILES string of the molecule is COc1cc(C(=O)N/N=C/c2cc(Br)c(OCC(N)=O)c(Br)c2)ccc1OCc1ccccc1. The van der Waals surface area contributed by atoms with Crippen LogP contribution in [0.4, 0.5) is 0 Å². The number of halogens is 2. The first-order chi connectivity index (χ1) is 16.4. The Balaban J connectivity index is 1.63. The number of nitrogens with two attached hydrogens (primary N) is 1. The lowest BCUT2D eigenvalue weighted by Crippen LogP contribution is -2.20. The molecule has 0 fully saturated rings. The van der Waals surface area contributed by atoms with E-state index in [0.717, 1.165) is 5.56 Å². The van der Waals surface area contributed by atoms with Gasteiger partial charge in [0, 0.05) is 5.56 Å². The van der Waals surface area contributed by atoms with E-state index in [4.69, 9.17) is 19.9 Å². The predicted octanol–water partition coefficient (Wildman–Crippen LogP) is 4.43. The molecule has 8 nitrogen and oxygen atoms in total. The van der Waals surface area contributed by atoms with Gasteiger partial charge < -0.3 is 19.9 Å². The van der Waals surface area contributed by atoms with E-state index in [0.29, 0.717) is 43.9 Å². The number of hydrogen-bond acceptors (Lipinski definition) is 6. The fraction of sp³-hybridized carbons (Fsp3) is 0.125. The molecule has 0 aliphatic heterocycles. The fourth-order valence-corrected chi connectivity index (χ4v) is 4.28. The smallest absolute Gasteiger partial charge is 0.271 e. The number of primary amides is 1. The largest absolute Gasteiger partial charge is 0.493 e. The van der Waals surface area contributed by atoms with Gasteiger partial charge in [0.2, 0.25) is 0 Å². The van der Waals surface area contributed by atoms with Crippen LogP contribution in [0.2, 0.25) is 0 Å². The molecule has 0 heterocycles. The van der Waals surface area contributed by atoms with E-state index < -0.39 is 11.8 Å². The minimum Gasteiger partial charge on any atom is -0.493 e. The van der Waals surface area contributed by atoms with Gasteiger partial charge in [-0.1, -0.05) is 30.3 Å². The van der Waals surface area contributed by atoms with Crippen molar-refractivity contribution in [3.8, 4) is 17.2 Å². The van der Waals surface area contributed by atoms with E-state index in [2.05, 4.69) is 42.4 Å². The third kappa shape index (κ3) is 7.06. The summed E-state index contributed by atoms with van der Waals surface area (Å²) in [5.41, 5.74) is 9.64. The Hall–Kier alpha value is -3.37. The number of rotatable bonds is 10. The van der Waals surface area contributed by atoms with E-state index in [1.54, 1.807) is 30.3 Å². The van der Waals surface area contributed by atoms with Crippen molar-refractivity contribution in [2.24, 2.45) is 10.8 Å². The average Bonchev–Trinajstić information content (AvgIpc) is 2.82. The first-order valence-corrected chi connectivity index (χ1v) is 11.5. The van der Waals surface area contributed by atoms with Crippen molar-refractivity contribution < 1.29 is 23.8 Å². The van der Waals surface area contributed by atoms with Gasteiger partial charge in [0.15, 0.2) is 18.1 Å². The number of ether oxygens (including phenoxy) is 3. The van der Waals surface area contributed by atoms with Crippen molar-refractivity contribution in [1.82, 2.24) is 5.43 Å². The molecule has 3 aromatic carbocycles. The summed E-state index contributed by atoms with van der Waals surface area (Å²) in [6, 6.07) is 18.1. The zero-order valence-corrected chi connectivity index (χ0v) is 21.3. The molecule has 0 bridgehead atoms. The van der Waals surface area contributed by atoms with Crippen molar-refractivity contribution in [2.75, 3.05) is 13.7 Å². The summed E-state index contributed by atoms with van der Waals surface area (Å²) in [5, 5.41) is 4.00. The van der Waals surface area contributed by atoms with Crippen LogP contribution in [0.15, 0.2) is 74.7 Å². The molecule has 0 radical (unpaired) electrons. The minimum atomic E-state index is -0.584. The molecule has 176 valence electrons. The summed E-state index contributed by atoms with van der Waals surface area (Å²) in [5.74, 6) is 0.400. The Labute approximate surface area is 213 Å². The molecule has 0 saturated carbocycles. The molecule has 3 N–H and O–H groups in total. The lowest BCUT2D eigenvalue weighted by molar-refractivity contribution is -0.119. The van der Waals surface area contributed by atoms with E-state index in [9.17, 15) is 9.59 Å². The highest BCUT2D eigenvalue weighted by molar-refractivity contribution is 9.11. The molecule has 0 aliphatic carbocycles. The van der Waals surface area contributed by atoms with E-state index in [1.165, 1.54) is 13.3 Å². The van der Waals surface area contributed by atoms with Gasteiger partial charge in [-0.25, -0.2) is 5.43 Å². The molecular formula is C24H21Br2N3O5. The van der Waals surface area contributed by atoms with Gasteiger partial charge in [-0.15, -0.1) is 0 Å². The molecule has 3 rings (SSSR count). The molecule has 2 amide bonds. The van der Waals surface area contributed by atoms with Crippen LogP contribution in [-0.2, 0) is 11.4 Å². The number of methoxy groups -OCH3 is 1. The monoisotopic (exact) mass is 589 g/mol. The van der Waals surface area contributed by atoms with Crippen molar-refractivity contribution >= 4 is 49.9 Å². The van der Waals surface area contributed by atoms with Crippen LogP contribution in [-0.4, -0.2) is 31.7 Å². The number of amides is 2. The topological polar surface area (TPSA) is 112 Å². The van der Waals surface area contributed by atoms with Gasteiger partial charge in [0.25, 0.3) is 11.8 Å². The molecule has 34 heavy (non-hydrogen) atoms. The van der Waals surface area contributed by atoms with Crippen LogP contribution in [0.3, 0.4) is 0 Å². The van der Waals surface area contributed by atoms with Gasteiger partial charge >= 0.3 is 0 Å². The molecule has 3 aromatic rings. The molecular weight excluding hydrogens is 570 g/mol. The number of nitrogens with zero attached hydrogens (tertiary/aromatic N) is 1. The minimum absolute atomic E-state index is 0.250. The predicted molar refractivity (Wildman–Crippen MR) is 135 cm³/mol. The number of hydrogen-bond donors (Lipinski definition) is 2. The molecule has 0 aromatic heterocycles. The second-order valence-corrected chi connectivity index (χ2v) is 8.62. The zero-order valence-electron chi connectivity index (χ0n) is 18.1. The maximum absolute atomic E-state index is 12.5. The maximum atomic E-state index is 12.5. The van der Waals surface area contributed by atoms with Gasteiger partial charge in [-0.2, -0.15) is 5.10 Å². The molecule has 0 atom stereocenters. The third-order valence-corrected chi connectivity index (χ3v) is 5.60. The van der Waals surface area contributed by atoms with Crippen LogP contribution >= 0.6 is 31.9 Å². The lowest BCUT2D eigenvalue weighted by Gasteiger charge is -2.12. The van der Waals surface area contributed by atoms with E-state index in [-0.39, 0.29) is 6.61 Å². The Bertz CT molecular complexity index is 1180. The molecule has 0 aliphatic rings. The standard InChI is InChI=1S/C24H21Br2N3O5/c1-32-21-11-17(7-8-20(21)33-13-15-5-3-2-4-6-15)24(31)29-28-12-16-9-18(25)23(19(26)10-16)34-14-22(27)30/h2-12H,13-14H2,1H3,(H2,27,30)(H,29,31)/b28-12+. The number of hydrazone groups is 1. The fourth-order valence-electron chi connectivity index (χ4n) is 2.83. The van der Waals surface area contributed by atoms with Crippen molar-refractivity contribution in [3.63, 3.8) is 0 Å². The number of carbonyl (C=O) groups is 2. The van der Waals surface area contributed by atoms with Crippen LogP contribution in [0, 0.1) is 0 Å². The normalized spacial score (nSPS) is 10.7. The van der Waals surface area contributed by atoms with Crippen LogP contribution < -0.4 is 25.4 Å². The number of benzene rings is 3. The highest BCUT2D eigenvalue weighted by atomic mass is 79.9. The highest BCUT2D eigenvalue weighted by Gasteiger charge is 2.12. The van der Waals surface area contributed by atoms with Gasteiger partial charge in [-0.3, -0.25) is 9.59 Å².